The van der Waals surface area contributed by atoms with Crippen LogP contribution in [0.4, 0.5) is 0 Å². The Balaban J connectivity index is 2.22. The van der Waals surface area contributed by atoms with Gasteiger partial charge in [0.2, 0.25) is 5.91 Å². The summed E-state index contributed by atoms with van der Waals surface area (Å²) in [5.41, 5.74) is 5.01. The summed E-state index contributed by atoms with van der Waals surface area (Å²) < 4.78 is 5.17. The number of carbonyl (C=O) groups excluding carboxylic acids is 2. The molecular weight excluding hydrogens is 256 g/mol. The molecule has 0 aliphatic heterocycles. The summed E-state index contributed by atoms with van der Waals surface area (Å²) >= 11 is 0. The molecule has 20 heavy (non-hydrogen) atoms. The lowest BCUT2D eigenvalue weighted by atomic mass is 9.81. The van der Waals surface area contributed by atoms with Crippen LogP contribution in [0.15, 0.2) is 24.3 Å². The van der Waals surface area contributed by atoms with Crippen molar-refractivity contribution in [3.05, 3.63) is 29.8 Å². The molecule has 1 aromatic rings. The molecule has 1 aromatic carbocycles. The topological polar surface area (TPSA) is 81.4 Å². The number of primary amides is 1. The Labute approximate surface area is 118 Å². The Hall–Kier alpha value is -2.04. The Morgan fingerprint density at radius 3 is 2.45 bits per heavy atom. The van der Waals surface area contributed by atoms with Crippen molar-refractivity contribution in [2.45, 2.75) is 37.6 Å². The van der Waals surface area contributed by atoms with Gasteiger partial charge in [-0.3, -0.25) is 9.59 Å². The molecule has 0 bridgehead atoms. The molecular formula is C15H20N2O3. The van der Waals surface area contributed by atoms with E-state index in [2.05, 4.69) is 5.32 Å². The highest BCUT2D eigenvalue weighted by atomic mass is 16.5. The van der Waals surface area contributed by atoms with Crippen LogP contribution in [0.25, 0.3) is 0 Å². The molecule has 2 amide bonds. The molecule has 0 atom stereocenters. The minimum absolute atomic E-state index is 0.317. The maximum atomic E-state index is 12.4. The van der Waals surface area contributed by atoms with Gasteiger partial charge in [0.15, 0.2) is 0 Å². The maximum Gasteiger partial charge on any atom is 0.255 e. The van der Waals surface area contributed by atoms with Crippen molar-refractivity contribution in [2.24, 2.45) is 5.73 Å². The summed E-state index contributed by atoms with van der Waals surface area (Å²) in [6.07, 6.45) is 4.07. The quantitative estimate of drug-likeness (QED) is 0.876. The van der Waals surface area contributed by atoms with Crippen molar-refractivity contribution in [3.8, 4) is 5.75 Å². The van der Waals surface area contributed by atoms with Crippen LogP contribution in [0.1, 0.15) is 42.5 Å². The predicted octanol–water partition coefficient (Wildman–Crippen LogP) is 1.61. The third kappa shape index (κ3) is 2.76. The number of benzene rings is 1. The van der Waals surface area contributed by atoms with E-state index in [9.17, 15) is 9.59 Å². The van der Waals surface area contributed by atoms with Crippen LogP contribution in [-0.2, 0) is 4.79 Å². The van der Waals surface area contributed by atoms with Crippen LogP contribution in [0.3, 0.4) is 0 Å². The number of hydrogen-bond acceptors (Lipinski definition) is 3. The highest BCUT2D eigenvalue weighted by molar-refractivity contribution is 6.00. The zero-order valence-electron chi connectivity index (χ0n) is 11.6. The molecule has 0 heterocycles. The number of amides is 2. The lowest BCUT2D eigenvalue weighted by molar-refractivity contribution is -0.125. The van der Waals surface area contributed by atoms with Gasteiger partial charge in [0.05, 0.1) is 12.7 Å². The van der Waals surface area contributed by atoms with Crippen molar-refractivity contribution < 1.29 is 14.3 Å². The highest BCUT2D eigenvalue weighted by Crippen LogP contribution is 2.29. The van der Waals surface area contributed by atoms with Crippen LogP contribution in [-0.4, -0.2) is 24.5 Å². The fraction of sp³-hybridized carbons (Fsp3) is 0.467. The highest BCUT2D eigenvalue weighted by Gasteiger charge is 2.39. The van der Waals surface area contributed by atoms with Gasteiger partial charge in [0, 0.05) is 0 Å². The van der Waals surface area contributed by atoms with Crippen molar-refractivity contribution >= 4 is 11.8 Å². The summed E-state index contributed by atoms with van der Waals surface area (Å²) in [4.78, 5) is 24.2. The van der Waals surface area contributed by atoms with Gasteiger partial charge in [0.1, 0.15) is 11.3 Å². The third-order valence-corrected chi connectivity index (χ3v) is 3.88. The van der Waals surface area contributed by atoms with E-state index < -0.39 is 11.4 Å². The zero-order valence-corrected chi connectivity index (χ0v) is 11.6. The second-order valence-corrected chi connectivity index (χ2v) is 5.16. The first-order valence-electron chi connectivity index (χ1n) is 6.84. The van der Waals surface area contributed by atoms with E-state index in [-0.39, 0.29) is 5.91 Å². The van der Waals surface area contributed by atoms with E-state index in [0.717, 1.165) is 19.3 Å². The smallest absolute Gasteiger partial charge is 0.255 e. The SMILES string of the molecule is COc1ccccc1C(=O)NC1(C(N)=O)CCCCC1. The molecule has 1 fully saturated rings. The minimum Gasteiger partial charge on any atom is -0.496 e. The van der Waals surface area contributed by atoms with Crippen LogP contribution in [0, 0.1) is 0 Å². The van der Waals surface area contributed by atoms with Gasteiger partial charge >= 0.3 is 0 Å². The second kappa shape index (κ2) is 5.94. The van der Waals surface area contributed by atoms with Crippen molar-refractivity contribution in [3.63, 3.8) is 0 Å². The number of methoxy groups -OCH3 is 1. The predicted molar refractivity (Wildman–Crippen MR) is 75.5 cm³/mol. The number of nitrogens with two attached hydrogens (primary N) is 1. The van der Waals surface area contributed by atoms with Crippen LogP contribution in [0.5, 0.6) is 5.75 Å². The van der Waals surface area contributed by atoms with Gasteiger partial charge in [-0.25, -0.2) is 0 Å². The van der Waals surface area contributed by atoms with E-state index in [1.807, 2.05) is 0 Å². The van der Waals surface area contributed by atoms with E-state index in [1.165, 1.54) is 7.11 Å². The summed E-state index contributed by atoms with van der Waals surface area (Å²) in [5.74, 6) is -0.288. The van der Waals surface area contributed by atoms with Crippen LogP contribution in [0.2, 0.25) is 0 Å². The number of rotatable bonds is 4. The molecule has 5 nitrogen and oxygen atoms in total. The summed E-state index contributed by atoms with van der Waals surface area (Å²) in [7, 11) is 1.51. The largest absolute Gasteiger partial charge is 0.496 e. The lowest BCUT2D eigenvalue weighted by Crippen LogP contribution is -2.58. The fourth-order valence-electron chi connectivity index (χ4n) is 2.71. The molecule has 0 saturated heterocycles. The van der Waals surface area contributed by atoms with Gasteiger partial charge in [-0.2, -0.15) is 0 Å². The Morgan fingerprint density at radius 1 is 1.20 bits per heavy atom. The molecule has 108 valence electrons. The molecule has 1 aliphatic carbocycles. The minimum atomic E-state index is -0.920. The average Bonchev–Trinajstić information content (AvgIpc) is 2.48. The lowest BCUT2D eigenvalue weighted by Gasteiger charge is -2.35. The Morgan fingerprint density at radius 2 is 1.85 bits per heavy atom. The Kier molecular flexibility index (Phi) is 4.27. The molecule has 0 spiro atoms. The van der Waals surface area contributed by atoms with Gasteiger partial charge in [-0.15, -0.1) is 0 Å². The van der Waals surface area contributed by atoms with Crippen molar-refractivity contribution in [2.75, 3.05) is 7.11 Å². The first-order valence-corrected chi connectivity index (χ1v) is 6.84. The van der Waals surface area contributed by atoms with Gasteiger partial charge < -0.3 is 15.8 Å². The van der Waals surface area contributed by atoms with Gasteiger partial charge in [-0.1, -0.05) is 31.4 Å². The number of ether oxygens (including phenoxy) is 1. The van der Waals surface area contributed by atoms with Crippen molar-refractivity contribution in [1.82, 2.24) is 5.32 Å². The number of hydrogen-bond donors (Lipinski definition) is 2. The number of nitrogens with one attached hydrogen (secondary N) is 1. The number of carbonyl (C=O) groups is 2. The van der Waals surface area contributed by atoms with E-state index in [0.29, 0.717) is 24.2 Å². The molecule has 0 radical (unpaired) electrons. The van der Waals surface area contributed by atoms with Gasteiger partial charge in [0.25, 0.3) is 5.91 Å². The second-order valence-electron chi connectivity index (χ2n) is 5.16. The zero-order chi connectivity index (χ0) is 14.6. The first kappa shape index (κ1) is 14.4. The maximum absolute atomic E-state index is 12.4. The molecule has 1 aliphatic rings. The molecule has 0 unspecified atom stereocenters. The normalized spacial score (nSPS) is 17.2. The third-order valence-electron chi connectivity index (χ3n) is 3.88. The molecule has 1 saturated carbocycles. The van der Waals surface area contributed by atoms with Crippen LogP contribution >= 0.6 is 0 Å². The van der Waals surface area contributed by atoms with Crippen LogP contribution < -0.4 is 15.8 Å². The van der Waals surface area contributed by atoms with E-state index in [4.69, 9.17) is 10.5 Å². The standard InChI is InChI=1S/C15H20N2O3/c1-20-12-8-4-3-7-11(12)13(18)17-15(14(16)19)9-5-2-6-10-15/h3-4,7-8H,2,5-6,9-10H2,1H3,(H2,16,19)(H,17,18). The molecule has 2 rings (SSSR count). The fourth-order valence-corrected chi connectivity index (χ4v) is 2.71. The van der Waals surface area contributed by atoms with E-state index in [1.54, 1.807) is 24.3 Å². The van der Waals surface area contributed by atoms with E-state index >= 15 is 0 Å². The Bertz CT molecular complexity index is 508. The summed E-state index contributed by atoms with van der Waals surface area (Å²) in [5, 5.41) is 2.83. The number of para-hydroxylation sites is 1. The summed E-state index contributed by atoms with van der Waals surface area (Å²) in [6, 6.07) is 6.94. The summed E-state index contributed by atoms with van der Waals surface area (Å²) in [6.45, 7) is 0. The molecule has 5 heteroatoms. The monoisotopic (exact) mass is 276 g/mol. The molecule has 3 N–H and O–H groups in total. The van der Waals surface area contributed by atoms with Gasteiger partial charge in [-0.05, 0) is 25.0 Å². The first-order chi connectivity index (χ1) is 9.59. The molecule has 0 aromatic heterocycles. The average molecular weight is 276 g/mol. The van der Waals surface area contributed by atoms with Crippen molar-refractivity contribution in [1.29, 1.82) is 0 Å².